The molecular formula is C21H41N7O6S3. The Bertz CT molecular complexity index is 749. The predicted octanol–water partition coefficient (Wildman–Crippen LogP) is -2.62. The number of carboxylic acid groups (broad SMARTS) is 1. The van der Waals surface area contributed by atoms with Crippen LogP contribution in [0.1, 0.15) is 38.5 Å². The fourth-order valence-electron chi connectivity index (χ4n) is 3.08. The van der Waals surface area contributed by atoms with Crippen molar-refractivity contribution in [3.8, 4) is 0 Å². The van der Waals surface area contributed by atoms with E-state index < -0.39 is 59.8 Å². The zero-order valence-corrected chi connectivity index (χ0v) is 23.4. The number of rotatable bonds is 20. The van der Waals surface area contributed by atoms with Crippen molar-refractivity contribution < 1.29 is 29.1 Å². The third kappa shape index (κ3) is 14.1. The number of aliphatic carboxylic acids is 1. The van der Waals surface area contributed by atoms with Gasteiger partial charge in [-0.1, -0.05) is 0 Å². The van der Waals surface area contributed by atoms with Crippen LogP contribution < -0.4 is 38.5 Å². The van der Waals surface area contributed by atoms with Crippen LogP contribution >= 0.6 is 37.9 Å². The summed E-state index contributed by atoms with van der Waals surface area (Å²) in [7, 11) is 0. The summed E-state index contributed by atoms with van der Waals surface area (Å²) in [6.45, 7) is 0.756. The highest BCUT2D eigenvalue weighted by Gasteiger charge is 2.30. The maximum atomic E-state index is 13.2. The van der Waals surface area contributed by atoms with Crippen LogP contribution in [0.15, 0.2) is 0 Å². The first-order valence-corrected chi connectivity index (χ1v) is 13.9. The highest BCUT2D eigenvalue weighted by molar-refractivity contribution is 7.80. The number of thiol groups is 3. The standard InChI is InChI=1S/C21H41N7O6S3/c22-7-3-1-5-13(26-20(32)15(10-36)27-17(29)12(24)9-35)18(30)25-14(6-2-4-8-23)19(31)28-16(11-37)21(33)34/h12-16,35-37H,1-11,22-24H2,(H,25,30)(H,26,32)(H,27,29)(H,28,31)(H,33,34)/t12-,13-,14-,15-,16-/m0/s1. The lowest BCUT2D eigenvalue weighted by Crippen LogP contribution is -2.59. The van der Waals surface area contributed by atoms with Crippen molar-refractivity contribution in [2.75, 3.05) is 30.3 Å². The van der Waals surface area contributed by atoms with Gasteiger partial charge in [0.05, 0.1) is 6.04 Å². The largest absolute Gasteiger partial charge is 0.480 e. The predicted molar refractivity (Wildman–Crippen MR) is 151 cm³/mol. The monoisotopic (exact) mass is 583 g/mol. The Labute approximate surface area is 233 Å². The Morgan fingerprint density at radius 3 is 1.32 bits per heavy atom. The first-order chi connectivity index (χ1) is 17.6. The molecule has 0 aliphatic carbocycles. The van der Waals surface area contributed by atoms with Crippen molar-refractivity contribution in [1.82, 2.24) is 21.3 Å². The van der Waals surface area contributed by atoms with E-state index in [0.717, 1.165) is 0 Å². The lowest BCUT2D eigenvalue weighted by atomic mass is 10.0. The Morgan fingerprint density at radius 1 is 0.595 bits per heavy atom. The lowest BCUT2D eigenvalue weighted by Gasteiger charge is -2.26. The minimum Gasteiger partial charge on any atom is -0.480 e. The van der Waals surface area contributed by atoms with Gasteiger partial charge >= 0.3 is 5.97 Å². The van der Waals surface area contributed by atoms with E-state index in [1.165, 1.54) is 0 Å². The second-order valence-corrected chi connectivity index (χ2v) is 9.40. The average Bonchev–Trinajstić information content (AvgIpc) is 2.87. The number of amides is 4. The van der Waals surface area contributed by atoms with Gasteiger partial charge in [-0.2, -0.15) is 37.9 Å². The van der Waals surface area contributed by atoms with Crippen molar-refractivity contribution in [1.29, 1.82) is 0 Å². The van der Waals surface area contributed by atoms with Gasteiger partial charge in [-0.3, -0.25) is 19.2 Å². The third-order valence-electron chi connectivity index (χ3n) is 5.31. The van der Waals surface area contributed by atoms with E-state index in [1.807, 2.05) is 0 Å². The molecule has 0 bridgehead atoms. The number of carbonyl (C=O) groups excluding carboxylic acids is 4. The van der Waals surface area contributed by atoms with E-state index >= 15 is 0 Å². The highest BCUT2D eigenvalue weighted by Crippen LogP contribution is 2.07. The van der Waals surface area contributed by atoms with Crippen LogP contribution in [0.3, 0.4) is 0 Å². The minimum atomic E-state index is -1.26. The first-order valence-electron chi connectivity index (χ1n) is 12.0. The molecule has 0 spiro atoms. The number of unbranched alkanes of at least 4 members (excludes halogenated alkanes) is 2. The summed E-state index contributed by atoms with van der Waals surface area (Å²) >= 11 is 12.0. The average molecular weight is 584 g/mol. The molecule has 0 aromatic carbocycles. The molecule has 214 valence electrons. The van der Waals surface area contributed by atoms with Crippen molar-refractivity contribution >= 4 is 67.5 Å². The molecule has 5 atom stereocenters. The van der Waals surface area contributed by atoms with E-state index in [9.17, 15) is 29.1 Å². The van der Waals surface area contributed by atoms with E-state index in [4.69, 9.17) is 17.2 Å². The van der Waals surface area contributed by atoms with Crippen molar-refractivity contribution in [3.63, 3.8) is 0 Å². The van der Waals surface area contributed by atoms with E-state index in [2.05, 4.69) is 59.2 Å². The fourth-order valence-corrected chi connectivity index (χ4v) is 3.75. The smallest absolute Gasteiger partial charge is 0.327 e. The SMILES string of the molecule is NCCCC[C@H](NC(=O)[C@H](CCCCN)NC(=O)[C@H](CS)NC(=O)[C@@H](N)CS)C(=O)N[C@@H](CS)C(=O)O. The van der Waals surface area contributed by atoms with Gasteiger partial charge in [0.1, 0.15) is 24.2 Å². The summed E-state index contributed by atoms with van der Waals surface area (Å²) in [6, 6.07) is -5.36. The maximum Gasteiger partial charge on any atom is 0.327 e. The van der Waals surface area contributed by atoms with Crippen LogP contribution in [0.25, 0.3) is 0 Å². The molecule has 0 saturated heterocycles. The summed E-state index contributed by atoms with van der Waals surface area (Å²) in [5.41, 5.74) is 16.7. The van der Waals surface area contributed by atoms with Gasteiger partial charge in [0.2, 0.25) is 23.6 Å². The van der Waals surface area contributed by atoms with Crippen LogP contribution in [0.2, 0.25) is 0 Å². The van der Waals surface area contributed by atoms with Crippen LogP contribution in [0.5, 0.6) is 0 Å². The first kappa shape index (κ1) is 35.3. The molecule has 0 fully saturated rings. The number of carboxylic acids is 1. The van der Waals surface area contributed by atoms with Gasteiger partial charge in [0, 0.05) is 17.3 Å². The topological polar surface area (TPSA) is 232 Å². The number of nitrogens with one attached hydrogen (secondary N) is 4. The molecule has 0 aromatic rings. The molecular weight excluding hydrogens is 542 g/mol. The number of hydrogen-bond donors (Lipinski definition) is 11. The Balaban J connectivity index is 5.60. The minimum absolute atomic E-state index is 0.0571. The molecule has 0 aromatic heterocycles. The molecule has 37 heavy (non-hydrogen) atoms. The summed E-state index contributed by atoms with van der Waals surface area (Å²) in [5, 5.41) is 19.3. The van der Waals surface area contributed by atoms with Gasteiger partial charge < -0.3 is 43.6 Å². The Kier molecular flexibility index (Phi) is 19.3. The number of hydrogen-bond acceptors (Lipinski definition) is 11. The Morgan fingerprint density at radius 2 is 0.973 bits per heavy atom. The van der Waals surface area contributed by atoms with E-state index in [-0.39, 0.29) is 30.1 Å². The summed E-state index contributed by atoms with van der Waals surface area (Å²) in [5.74, 6) is -3.99. The molecule has 0 heterocycles. The second-order valence-electron chi connectivity index (χ2n) is 8.31. The summed E-state index contributed by atoms with van der Waals surface area (Å²) in [6.07, 6.45) is 2.59. The number of nitrogens with two attached hydrogens (primary N) is 3. The van der Waals surface area contributed by atoms with Crippen LogP contribution in [0.4, 0.5) is 0 Å². The van der Waals surface area contributed by atoms with Crippen LogP contribution in [0, 0.1) is 0 Å². The molecule has 0 radical (unpaired) electrons. The molecule has 0 aliphatic rings. The lowest BCUT2D eigenvalue weighted by molar-refractivity contribution is -0.141. The molecule has 11 N–H and O–H groups in total. The zero-order valence-electron chi connectivity index (χ0n) is 20.7. The second kappa shape index (κ2) is 20.3. The van der Waals surface area contributed by atoms with Crippen molar-refractivity contribution in [2.45, 2.75) is 68.7 Å². The highest BCUT2D eigenvalue weighted by atomic mass is 32.1. The summed E-state index contributed by atoms with van der Waals surface area (Å²) in [4.78, 5) is 62.2. The van der Waals surface area contributed by atoms with Gasteiger partial charge in [0.15, 0.2) is 0 Å². The van der Waals surface area contributed by atoms with Crippen LogP contribution in [-0.4, -0.2) is 95.3 Å². The Hall–Kier alpha value is -1.72. The normalized spacial score (nSPS) is 15.0. The van der Waals surface area contributed by atoms with Crippen molar-refractivity contribution in [3.05, 3.63) is 0 Å². The van der Waals surface area contributed by atoms with Gasteiger partial charge in [-0.15, -0.1) is 0 Å². The van der Waals surface area contributed by atoms with E-state index in [1.54, 1.807) is 0 Å². The maximum absolute atomic E-state index is 13.2. The van der Waals surface area contributed by atoms with Gasteiger partial charge in [0.25, 0.3) is 0 Å². The molecule has 0 unspecified atom stereocenters. The quantitative estimate of drug-likeness (QED) is 0.0531. The molecule has 0 aliphatic heterocycles. The molecule has 16 heteroatoms. The molecule has 0 rings (SSSR count). The zero-order chi connectivity index (χ0) is 28.4. The summed E-state index contributed by atoms with van der Waals surface area (Å²) < 4.78 is 0. The van der Waals surface area contributed by atoms with Crippen molar-refractivity contribution in [2.24, 2.45) is 17.2 Å². The number of carbonyl (C=O) groups is 5. The molecule has 0 saturated carbocycles. The van der Waals surface area contributed by atoms with E-state index in [0.29, 0.717) is 38.8 Å². The molecule has 4 amide bonds. The van der Waals surface area contributed by atoms with Gasteiger partial charge in [-0.05, 0) is 51.6 Å². The van der Waals surface area contributed by atoms with Gasteiger partial charge in [-0.25, -0.2) is 4.79 Å². The van der Waals surface area contributed by atoms with Crippen LogP contribution in [-0.2, 0) is 24.0 Å². The molecule has 13 nitrogen and oxygen atoms in total. The third-order valence-corrected chi connectivity index (χ3v) is 6.43. The fraction of sp³-hybridized carbons (Fsp3) is 0.762.